The maximum absolute atomic E-state index is 6.01. The van der Waals surface area contributed by atoms with Gasteiger partial charge in [-0.05, 0) is 28.8 Å². The lowest BCUT2D eigenvalue weighted by Crippen LogP contribution is -2.33. The molecule has 0 saturated heterocycles. The number of rotatable bonds is 4. The monoisotopic (exact) mass is 228 g/mol. The van der Waals surface area contributed by atoms with Crippen molar-refractivity contribution in [1.82, 2.24) is 0 Å². The molecule has 0 bridgehead atoms. The largest absolute Gasteiger partial charge is 0.383 e. The van der Waals surface area contributed by atoms with Gasteiger partial charge in [-0.2, -0.15) is 0 Å². The summed E-state index contributed by atoms with van der Waals surface area (Å²) in [7, 11) is 0. The molecule has 0 aliphatic heterocycles. The molecule has 0 aliphatic rings. The van der Waals surface area contributed by atoms with E-state index in [9.17, 15) is 0 Å². The summed E-state index contributed by atoms with van der Waals surface area (Å²) in [6.45, 7) is 5.11. The first-order chi connectivity index (χ1) is 8.16. The van der Waals surface area contributed by atoms with Gasteiger partial charge in [0, 0.05) is 18.3 Å². The second-order valence-electron chi connectivity index (χ2n) is 4.85. The highest BCUT2D eigenvalue weighted by Crippen LogP contribution is 2.18. The first-order valence-electron chi connectivity index (χ1n) is 6.15. The van der Waals surface area contributed by atoms with Crippen molar-refractivity contribution in [2.75, 3.05) is 11.9 Å². The van der Waals surface area contributed by atoms with Crippen molar-refractivity contribution in [3.8, 4) is 0 Å². The fourth-order valence-electron chi connectivity index (χ4n) is 1.77. The average Bonchev–Trinajstić information content (AvgIpc) is 2.35. The van der Waals surface area contributed by atoms with E-state index in [0.717, 1.165) is 12.2 Å². The first kappa shape index (κ1) is 11.9. The molecule has 17 heavy (non-hydrogen) atoms. The Balaban J connectivity index is 2.09. The van der Waals surface area contributed by atoms with E-state index in [1.165, 1.54) is 10.8 Å². The highest BCUT2D eigenvalue weighted by atomic mass is 14.9. The van der Waals surface area contributed by atoms with Crippen LogP contribution in [0.25, 0.3) is 10.8 Å². The summed E-state index contributed by atoms with van der Waals surface area (Å²) in [6, 6.07) is 15.0. The predicted molar refractivity (Wildman–Crippen MR) is 75.3 cm³/mol. The van der Waals surface area contributed by atoms with Crippen LogP contribution in [0.4, 0.5) is 5.69 Å². The Hall–Kier alpha value is -1.54. The molecule has 90 valence electrons. The van der Waals surface area contributed by atoms with Gasteiger partial charge in [-0.3, -0.25) is 0 Å². The summed E-state index contributed by atoms with van der Waals surface area (Å²) < 4.78 is 0. The molecule has 0 radical (unpaired) electrons. The Morgan fingerprint density at radius 1 is 1.06 bits per heavy atom. The first-order valence-corrected chi connectivity index (χ1v) is 6.15. The molecule has 0 aromatic heterocycles. The van der Waals surface area contributed by atoms with Gasteiger partial charge in [-0.1, -0.05) is 44.2 Å². The maximum atomic E-state index is 6.01. The van der Waals surface area contributed by atoms with Crippen LogP contribution in [0.1, 0.15) is 13.8 Å². The van der Waals surface area contributed by atoms with E-state index in [1.807, 2.05) is 0 Å². The molecule has 2 heteroatoms. The lowest BCUT2D eigenvalue weighted by molar-refractivity contribution is 0.511. The van der Waals surface area contributed by atoms with E-state index in [2.05, 4.69) is 61.6 Å². The molecule has 1 unspecified atom stereocenters. The van der Waals surface area contributed by atoms with Crippen LogP contribution in [0.3, 0.4) is 0 Å². The molecule has 3 N–H and O–H groups in total. The SMILES string of the molecule is CC(C)C(N)CNc1ccc2ccccc2c1. The van der Waals surface area contributed by atoms with Crippen molar-refractivity contribution in [1.29, 1.82) is 0 Å². The summed E-state index contributed by atoms with van der Waals surface area (Å²) in [5.41, 5.74) is 7.15. The van der Waals surface area contributed by atoms with E-state index in [0.29, 0.717) is 5.92 Å². The number of fused-ring (bicyclic) bond motifs is 1. The molecule has 0 heterocycles. The number of benzene rings is 2. The highest BCUT2D eigenvalue weighted by Gasteiger charge is 2.06. The minimum absolute atomic E-state index is 0.196. The number of hydrogen-bond donors (Lipinski definition) is 2. The summed E-state index contributed by atoms with van der Waals surface area (Å²) >= 11 is 0. The van der Waals surface area contributed by atoms with Crippen LogP contribution in [0, 0.1) is 5.92 Å². The molecule has 0 amide bonds. The van der Waals surface area contributed by atoms with Crippen LogP contribution in [0.15, 0.2) is 42.5 Å². The maximum Gasteiger partial charge on any atom is 0.0347 e. The molecule has 2 rings (SSSR count). The predicted octanol–water partition coefficient (Wildman–Crippen LogP) is 3.24. The fourth-order valence-corrected chi connectivity index (χ4v) is 1.77. The number of nitrogens with one attached hydrogen (secondary N) is 1. The number of anilines is 1. The minimum Gasteiger partial charge on any atom is -0.383 e. The van der Waals surface area contributed by atoms with E-state index in [-0.39, 0.29) is 6.04 Å². The molecular weight excluding hydrogens is 208 g/mol. The second-order valence-corrected chi connectivity index (χ2v) is 4.85. The third kappa shape index (κ3) is 2.98. The molecule has 0 fully saturated rings. The average molecular weight is 228 g/mol. The van der Waals surface area contributed by atoms with Crippen molar-refractivity contribution >= 4 is 16.5 Å². The van der Waals surface area contributed by atoms with E-state index in [1.54, 1.807) is 0 Å². The summed E-state index contributed by atoms with van der Waals surface area (Å²) in [4.78, 5) is 0. The van der Waals surface area contributed by atoms with Gasteiger partial charge in [-0.15, -0.1) is 0 Å². The van der Waals surface area contributed by atoms with Crippen molar-refractivity contribution in [2.24, 2.45) is 11.7 Å². The quantitative estimate of drug-likeness (QED) is 0.843. The number of nitrogens with two attached hydrogens (primary N) is 1. The topological polar surface area (TPSA) is 38.0 Å². The molecule has 2 aromatic carbocycles. The summed E-state index contributed by atoms with van der Waals surface area (Å²) in [6.07, 6.45) is 0. The van der Waals surface area contributed by atoms with Gasteiger partial charge in [0.1, 0.15) is 0 Å². The summed E-state index contributed by atoms with van der Waals surface area (Å²) in [5.74, 6) is 0.503. The second kappa shape index (κ2) is 5.19. The van der Waals surface area contributed by atoms with E-state index < -0.39 is 0 Å². The van der Waals surface area contributed by atoms with Gasteiger partial charge < -0.3 is 11.1 Å². The van der Waals surface area contributed by atoms with Gasteiger partial charge in [0.05, 0.1) is 0 Å². The Morgan fingerprint density at radius 3 is 2.47 bits per heavy atom. The lowest BCUT2D eigenvalue weighted by Gasteiger charge is -2.17. The molecule has 2 aromatic rings. The zero-order valence-electron chi connectivity index (χ0n) is 10.5. The molecule has 1 atom stereocenters. The molecular formula is C15H20N2. The van der Waals surface area contributed by atoms with Crippen LogP contribution < -0.4 is 11.1 Å². The van der Waals surface area contributed by atoms with Crippen molar-refractivity contribution < 1.29 is 0 Å². The van der Waals surface area contributed by atoms with Crippen LogP contribution in [-0.2, 0) is 0 Å². The Kier molecular flexibility index (Phi) is 3.64. The smallest absolute Gasteiger partial charge is 0.0347 e. The summed E-state index contributed by atoms with van der Waals surface area (Å²) in [5, 5.41) is 5.92. The van der Waals surface area contributed by atoms with Crippen molar-refractivity contribution in [3.63, 3.8) is 0 Å². The zero-order valence-corrected chi connectivity index (χ0v) is 10.5. The van der Waals surface area contributed by atoms with Crippen LogP contribution in [0.2, 0.25) is 0 Å². The molecule has 0 aliphatic carbocycles. The van der Waals surface area contributed by atoms with Gasteiger partial charge >= 0.3 is 0 Å². The minimum atomic E-state index is 0.196. The van der Waals surface area contributed by atoms with Gasteiger partial charge in [0.2, 0.25) is 0 Å². The molecule has 2 nitrogen and oxygen atoms in total. The Labute approximate surface area is 103 Å². The van der Waals surface area contributed by atoms with Crippen LogP contribution in [0.5, 0.6) is 0 Å². The van der Waals surface area contributed by atoms with Gasteiger partial charge in [0.15, 0.2) is 0 Å². The van der Waals surface area contributed by atoms with Gasteiger partial charge in [0.25, 0.3) is 0 Å². The molecule has 0 spiro atoms. The van der Waals surface area contributed by atoms with Crippen LogP contribution >= 0.6 is 0 Å². The normalized spacial score (nSPS) is 12.9. The molecule has 0 saturated carbocycles. The highest BCUT2D eigenvalue weighted by molar-refractivity contribution is 5.85. The van der Waals surface area contributed by atoms with E-state index >= 15 is 0 Å². The Morgan fingerprint density at radius 2 is 1.76 bits per heavy atom. The van der Waals surface area contributed by atoms with E-state index in [4.69, 9.17) is 5.73 Å². The third-order valence-electron chi connectivity index (χ3n) is 3.15. The fraction of sp³-hybridized carbons (Fsp3) is 0.333. The third-order valence-corrected chi connectivity index (χ3v) is 3.15. The van der Waals surface area contributed by atoms with Crippen molar-refractivity contribution in [3.05, 3.63) is 42.5 Å². The number of hydrogen-bond acceptors (Lipinski definition) is 2. The standard InChI is InChI=1S/C15H20N2/c1-11(2)15(16)10-17-14-8-7-12-5-3-4-6-13(12)9-14/h3-9,11,15,17H,10,16H2,1-2H3. The van der Waals surface area contributed by atoms with Crippen molar-refractivity contribution in [2.45, 2.75) is 19.9 Å². The Bertz CT molecular complexity index is 491. The van der Waals surface area contributed by atoms with Crippen LogP contribution in [-0.4, -0.2) is 12.6 Å². The lowest BCUT2D eigenvalue weighted by atomic mass is 10.1. The zero-order chi connectivity index (χ0) is 12.3. The van der Waals surface area contributed by atoms with Gasteiger partial charge in [-0.25, -0.2) is 0 Å².